The van der Waals surface area contributed by atoms with Crippen molar-refractivity contribution in [2.24, 2.45) is 5.92 Å². The highest BCUT2D eigenvalue weighted by atomic mass is 35.5. The normalized spacial score (nSPS) is 20.4. The van der Waals surface area contributed by atoms with Crippen LogP contribution in [0.4, 0.5) is 5.69 Å². The van der Waals surface area contributed by atoms with Gasteiger partial charge >= 0.3 is 5.97 Å². The summed E-state index contributed by atoms with van der Waals surface area (Å²) in [6.07, 6.45) is -0.591. The minimum absolute atomic E-state index is 0.0102. The van der Waals surface area contributed by atoms with Crippen LogP contribution < -0.4 is 5.32 Å². The van der Waals surface area contributed by atoms with Crippen LogP contribution >= 0.6 is 23.2 Å². The van der Waals surface area contributed by atoms with Crippen LogP contribution in [0.15, 0.2) is 18.2 Å². The van der Waals surface area contributed by atoms with Gasteiger partial charge in [0, 0.05) is 22.2 Å². The molecule has 1 amide bonds. The van der Waals surface area contributed by atoms with Gasteiger partial charge in [0.15, 0.2) is 15.9 Å². The lowest BCUT2D eigenvalue weighted by molar-refractivity contribution is -0.153. The second kappa shape index (κ2) is 7.72. The van der Waals surface area contributed by atoms with Gasteiger partial charge in [-0.25, -0.2) is 8.42 Å². The number of hydrogen-bond donors (Lipinski definition) is 1. The fourth-order valence-electron chi connectivity index (χ4n) is 2.44. The summed E-state index contributed by atoms with van der Waals surface area (Å²) in [6, 6.07) is 4.56. The lowest BCUT2D eigenvalue weighted by Gasteiger charge is -2.15. The third-order valence-corrected chi connectivity index (χ3v) is 5.86. The molecule has 0 aromatic heterocycles. The van der Waals surface area contributed by atoms with Crippen molar-refractivity contribution in [3.05, 3.63) is 28.2 Å². The number of benzene rings is 1. The highest BCUT2D eigenvalue weighted by Crippen LogP contribution is 2.24. The predicted molar refractivity (Wildman–Crippen MR) is 92.0 cm³/mol. The molecule has 0 spiro atoms. The number of carbonyl (C=O) groups is 2. The number of sulfone groups is 1. The van der Waals surface area contributed by atoms with E-state index in [4.69, 9.17) is 27.9 Å². The molecular weight excluding hydrogens is 377 g/mol. The molecule has 6 nitrogen and oxygen atoms in total. The molecule has 1 aromatic carbocycles. The van der Waals surface area contributed by atoms with Crippen LogP contribution in [-0.2, 0) is 24.2 Å². The van der Waals surface area contributed by atoms with Gasteiger partial charge in [0.1, 0.15) is 0 Å². The van der Waals surface area contributed by atoms with Crippen molar-refractivity contribution >= 4 is 50.6 Å². The summed E-state index contributed by atoms with van der Waals surface area (Å²) < 4.78 is 27.8. The Kier molecular flexibility index (Phi) is 6.11. The first-order chi connectivity index (χ1) is 11.1. The maximum Gasteiger partial charge on any atom is 0.306 e. The molecule has 1 aromatic rings. The van der Waals surface area contributed by atoms with Gasteiger partial charge in [0.05, 0.1) is 11.5 Å². The van der Waals surface area contributed by atoms with Crippen LogP contribution in [0.25, 0.3) is 0 Å². The molecule has 1 fully saturated rings. The van der Waals surface area contributed by atoms with Gasteiger partial charge in [-0.3, -0.25) is 9.59 Å². The summed E-state index contributed by atoms with van der Waals surface area (Å²) in [5.41, 5.74) is 0.391. The number of rotatable bonds is 5. The van der Waals surface area contributed by atoms with Crippen LogP contribution in [0, 0.1) is 5.92 Å². The molecule has 24 heavy (non-hydrogen) atoms. The largest absolute Gasteiger partial charge is 0.453 e. The molecule has 1 aliphatic heterocycles. The van der Waals surface area contributed by atoms with Gasteiger partial charge in [-0.1, -0.05) is 23.2 Å². The van der Waals surface area contributed by atoms with Crippen molar-refractivity contribution in [3.8, 4) is 0 Å². The number of carbonyl (C=O) groups excluding carboxylic acids is 2. The van der Waals surface area contributed by atoms with E-state index in [1.54, 1.807) is 0 Å². The monoisotopic (exact) mass is 393 g/mol. The van der Waals surface area contributed by atoms with E-state index in [2.05, 4.69) is 5.32 Å². The Morgan fingerprint density at radius 3 is 2.46 bits per heavy atom. The number of anilines is 1. The zero-order chi connectivity index (χ0) is 17.9. The Balaban J connectivity index is 1.85. The van der Waals surface area contributed by atoms with Crippen molar-refractivity contribution in [1.82, 2.24) is 0 Å². The first-order valence-corrected chi connectivity index (χ1v) is 9.89. The third-order valence-electron chi connectivity index (χ3n) is 3.59. The predicted octanol–water partition coefficient (Wildman–Crippen LogP) is 2.69. The highest BCUT2D eigenvalue weighted by molar-refractivity contribution is 7.91. The summed E-state index contributed by atoms with van der Waals surface area (Å²) in [5.74, 6) is -1.28. The van der Waals surface area contributed by atoms with E-state index >= 15 is 0 Å². The van der Waals surface area contributed by atoms with Crippen molar-refractivity contribution in [3.63, 3.8) is 0 Å². The second-order valence-corrected chi connectivity index (χ2v) is 8.85. The molecule has 2 atom stereocenters. The average Bonchev–Trinajstić information content (AvgIpc) is 2.76. The third kappa shape index (κ3) is 5.65. The summed E-state index contributed by atoms with van der Waals surface area (Å²) in [7, 11) is -3.05. The number of esters is 1. The van der Waals surface area contributed by atoms with Crippen LogP contribution in [0.3, 0.4) is 0 Å². The van der Waals surface area contributed by atoms with Gasteiger partial charge in [-0.05, 0) is 37.5 Å². The topological polar surface area (TPSA) is 89.5 Å². The summed E-state index contributed by atoms with van der Waals surface area (Å²) in [4.78, 5) is 23.9. The van der Waals surface area contributed by atoms with Crippen molar-refractivity contribution in [1.29, 1.82) is 0 Å². The molecule has 0 aliphatic carbocycles. The second-order valence-electron chi connectivity index (χ2n) is 5.75. The minimum Gasteiger partial charge on any atom is -0.453 e. The SMILES string of the molecule is C[C@@H](OC(=O)C[C@H]1CCS(=O)(=O)C1)C(=O)Nc1cc(Cl)cc(Cl)c1. The van der Waals surface area contributed by atoms with Crippen LogP contribution in [0.5, 0.6) is 0 Å². The van der Waals surface area contributed by atoms with E-state index in [0.717, 1.165) is 0 Å². The maximum atomic E-state index is 12.0. The number of halogens is 2. The van der Waals surface area contributed by atoms with Crippen molar-refractivity contribution in [2.75, 3.05) is 16.8 Å². The fraction of sp³-hybridized carbons (Fsp3) is 0.467. The molecule has 0 unspecified atom stereocenters. The number of hydrogen-bond acceptors (Lipinski definition) is 5. The van der Waals surface area contributed by atoms with E-state index in [9.17, 15) is 18.0 Å². The standard InChI is InChI=1S/C15H17Cl2NO5S/c1-9(15(20)18-13-6-11(16)5-12(17)7-13)23-14(19)4-10-2-3-24(21,22)8-10/h5-7,9-10H,2-4,8H2,1H3,(H,18,20)/t9-,10-/m1/s1. The number of nitrogens with one attached hydrogen (secondary N) is 1. The molecule has 2 rings (SSSR count). The van der Waals surface area contributed by atoms with Gasteiger partial charge in [0.2, 0.25) is 0 Å². The molecular formula is C15H17Cl2NO5S. The zero-order valence-electron chi connectivity index (χ0n) is 12.9. The molecule has 0 bridgehead atoms. The van der Waals surface area contributed by atoms with Crippen molar-refractivity contribution in [2.45, 2.75) is 25.9 Å². The Morgan fingerprint density at radius 1 is 1.29 bits per heavy atom. The Bertz CT molecular complexity index is 730. The van der Waals surface area contributed by atoms with Crippen LogP contribution in [0.2, 0.25) is 10.0 Å². The summed E-state index contributed by atoms with van der Waals surface area (Å²) in [6.45, 7) is 1.44. The average molecular weight is 394 g/mol. The first-order valence-electron chi connectivity index (χ1n) is 7.31. The Labute approximate surface area is 150 Å². The molecule has 0 saturated carbocycles. The lowest BCUT2D eigenvalue weighted by atomic mass is 10.1. The number of amides is 1. The molecule has 1 heterocycles. The smallest absolute Gasteiger partial charge is 0.306 e. The van der Waals surface area contributed by atoms with E-state index in [0.29, 0.717) is 22.2 Å². The molecule has 132 valence electrons. The van der Waals surface area contributed by atoms with Gasteiger partial charge in [0.25, 0.3) is 5.91 Å². The van der Waals surface area contributed by atoms with E-state index < -0.39 is 27.8 Å². The van der Waals surface area contributed by atoms with Crippen LogP contribution in [0.1, 0.15) is 19.8 Å². The molecule has 0 radical (unpaired) electrons. The molecule has 1 N–H and O–H groups in total. The molecule has 1 aliphatic rings. The Morgan fingerprint density at radius 2 is 1.92 bits per heavy atom. The van der Waals surface area contributed by atoms with Gasteiger partial charge in [-0.2, -0.15) is 0 Å². The van der Waals surface area contributed by atoms with E-state index in [-0.39, 0.29) is 23.8 Å². The summed E-state index contributed by atoms with van der Waals surface area (Å²) in [5, 5.41) is 3.29. The first kappa shape index (κ1) is 19.0. The molecule has 1 saturated heterocycles. The lowest BCUT2D eigenvalue weighted by Crippen LogP contribution is -2.30. The Hall–Kier alpha value is -1.31. The summed E-state index contributed by atoms with van der Waals surface area (Å²) >= 11 is 11.7. The van der Waals surface area contributed by atoms with E-state index in [1.807, 2.05) is 0 Å². The van der Waals surface area contributed by atoms with Gasteiger partial charge < -0.3 is 10.1 Å². The maximum absolute atomic E-state index is 12.0. The van der Waals surface area contributed by atoms with Crippen LogP contribution in [-0.4, -0.2) is 37.9 Å². The van der Waals surface area contributed by atoms with Gasteiger partial charge in [-0.15, -0.1) is 0 Å². The number of ether oxygens (including phenoxy) is 1. The molecule has 9 heteroatoms. The zero-order valence-corrected chi connectivity index (χ0v) is 15.2. The highest BCUT2D eigenvalue weighted by Gasteiger charge is 2.30. The fourth-order valence-corrected chi connectivity index (χ4v) is 4.83. The van der Waals surface area contributed by atoms with Crippen molar-refractivity contribution < 1.29 is 22.7 Å². The minimum atomic E-state index is -3.05. The van der Waals surface area contributed by atoms with E-state index in [1.165, 1.54) is 25.1 Å². The quantitative estimate of drug-likeness (QED) is 0.776.